The van der Waals surface area contributed by atoms with E-state index in [0.29, 0.717) is 32.0 Å². The summed E-state index contributed by atoms with van der Waals surface area (Å²) in [6.07, 6.45) is 3.24. The number of hydrogen-bond acceptors (Lipinski definition) is 9. The molecule has 0 aromatic carbocycles. The molecule has 2 aliphatic rings. The van der Waals surface area contributed by atoms with Crippen molar-refractivity contribution in [2.24, 2.45) is 0 Å². The Morgan fingerprint density at radius 2 is 1.12 bits per heavy atom. The molecule has 2 fully saturated rings. The van der Waals surface area contributed by atoms with Crippen LogP contribution in [0.2, 0.25) is 0 Å². The fourth-order valence-electron chi connectivity index (χ4n) is 4.38. The van der Waals surface area contributed by atoms with Crippen LogP contribution in [0.4, 0.5) is 15.4 Å². The van der Waals surface area contributed by atoms with Gasteiger partial charge in [0.1, 0.15) is 21.6 Å². The van der Waals surface area contributed by atoms with Crippen LogP contribution in [0, 0.1) is 0 Å². The highest BCUT2D eigenvalue weighted by Crippen LogP contribution is 2.15. The van der Waals surface area contributed by atoms with E-state index in [1.807, 2.05) is 65.9 Å². The first-order chi connectivity index (χ1) is 19.7. The standard InChI is InChI=1S/C15H22BrN3O2.C15H24N4O2/c2*1-15(2,3)21-14(20)19-8-6-18(7-9-19)11-12-4-5-13(16)17-10-12/h4-5,10H,6-9,11H2,1-3H3;4-5,10H,6-9,11H2,1-3H3,(H2,16,17). The molecule has 2 N–H and O–H groups in total. The number of nitrogens with two attached hydrogens (primary N) is 1. The van der Waals surface area contributed by atoms with Crippen LogP contribution in [-0.2, 0) is 22.6 Å². The number of hydrogen-bond donors (Lipinski definition) is 1. The lowest BCUT2D eigenvalue weighted by Gasteiger charge is -2.35. The molecule has 4 heterocycles. The topological polar surface area (TPSA) is 117 Å². The number of pyridine rings is 2. The average molecular weight is 649 g/mol. The lowest BCUT2D eigenvalue weighted by molar-refractivity contribution is 0.0129. The van der Waals surface area contributed by atoms with Crippen LogP contribution < -0.4 is 5.73 Å². The molecule has 2 aromatic heterocycles. The number of halogens is 1. The second-order valence-electron chi connectivity index (χ2n) is 12.6. The zero-order chi connectivity index (χ0) is 30.9. The van der Waals surface area contributed by atoms with Gasteiger partial charge in [-0.2, -0.15) is 0 Å². The van der Waals surface area contributed by atoms with E-state index in [2.05, 4.69) is 41.8 Å². The summed E-state index contributed by atoms with van der Waals surface area (Å²) in [5.41, 5.74) is 7.02. The fourth-order valence-corrected chi connectivity index (χ4v) is 4.61. The van der Waals surface area contributed by atoms with Crippen LogP contribution in [0.3, 0.4) is 0 Å². The number of carbonyl (C=O) groups excluding carboxylic acids is 2. The minimum absolute atomic E-state index is 0.215. The van der Waals surface area contributed by atoms with Crippen LogP contribution in [0.25, 0.3) is 0 Å². The number of rotatable bonds is 4. The minimum Gasteiger partial charge on any atom is -0.444 e. The molecule has 0 aliphatic carbocycles. The molecule has 0 atom stereocenters. The van der Waals surface area contributed by atoms with Crippen molar-refractivity contribution in [1.82, 2.24) is 29.6 Å². The summed E-state index contributed by atoms with van der Waals surface area (Å²) >= 11 is 3.34. The number of nitrogen functional groups attached to an aromatic ring is 1. The Hall–Kier alpha value is -2.96. The van der Waals surface area contributed by atoms with Gasteiger partial charge in [-0.15, -0.1) is 0 Å². The van der Waals surface area contributed by atoms with E-state index >= 15 is 0 Å². The molecular formula is C30H46BrN7O4. The van der Waals surface area contributed by atoms with Crippen LogP contribution in [0.1, 0.15) is 52.7 Å². The molecule has 4 rings (SSSR count). The van der Waals surface area contributed by atoms with E-state index in [-0.39, 0.29) is 12.2 Å². The summed E-state index contributed by atoms with van der Waals surface area (Å²) in [7, 11) is 0. The van der Waals surface area contributed by atoms with Gasteiger partial charge in [0, 0.05) is 77.8 Å². The molecule has 0 radical (unpaired) electrons. The highest BCUT2D eigenvalue weighted by molar-refractivity contribution is 9.10. The molecule has 2 amide bonds. The van der Waals surface area contributed by atoms with Gasteiger partial charge in [0.05, 0.1) is 0 Å². The Labute approximate surface area is 258 Å². The van der Waals surface area contributed by atoms with Crippen molar-refractivity contribution < 1.29 is 19.1 Å². The molecule has 2 aromatic rings. The van der Waals surface area contributed by atoms with Gasteiger partial charge in [0.2, 0.25) is 0 Å². The van der Waals surface area contributed by atoms with Gasteiger partial charge in [0.15, 0.2) is 0 Å². The van der Waals surface area contributed by atoms with Crippen LogP contribution in [0.15, 0.2) is 41.3 Å². The number of nitrogens with zero attached hydrogens (tertiary/aromatic N) is 6. The Bertz CT molecular complexity index is 1040. The second-order valence-corrected chi connectivity index (χ2v) is 13.4. The lowest BCUT2D eigenvalue weighted by Crippen LogP contribution is -2.49. The third kappa shape index (κ3) is 12.1. The first-order valence-electron chi connectivity index (χ1n) is 14.4. The van der Waals surface area contributed by atoms with Crippen molar-refractivity contribution in [1.29, 1.82) is 0 Å². The maximum Gasteiger partial charge on any atom is 0.410 e. The summed E-state index contributed by atoms with van der Waals surface area (Å²) in [5, 5.41) is 0. The van der Waals surface area contributed by atoms with Crippen molar-refractivity contribution in [3.63, 3.8) is 0 Å². The van der Waals surface area contributed by atoms with Crippen LogP contribution >= 0.6 is 15.9 Å². The Balaban J connectivity index is 0.000000230. The van der Waals surface area contributed by atoms with E-state index in [4.69, 9.17) is 15.2 Å². The van der Waals surface area contributed by atoms with Crippen LogP contribution in [0.5, 0.6) is 0 Å². The maximum absolute atomic E-state index is 12.0. The van der Waals surface area contributed by atoms with E-state index < -0.39 is 11.2 Å². The zero-order valence-corrected chi connectivity index (χ0v) is 27.4. The lowest BCUT2D eigenvalue weighted by atomic mass is 10.2. The number of carbonyl (C=O) groups is 2. The first kappa shape index (κ1) is 33.5. The molecule has 0 saturated carbocycles. The second kappa shape index (κ2) is 15.0. The predicted molar refractivity (Wildman–Crippen MR) is 167 cm³/mol. The summed E-state index contributed by atoms with van der Waals surface area (Å²) in [4.78, 5) is 40.5. The molecule has 0 bridgehead atoms. The minimum atomic E-state index is -0.441. The molecular weight excluding hydrogens is 602 g/mol. The van der Waals surface area contributed by atoms with Crippen LogP contribution in [-0.4, -0.2) is 105 Å². The third-order valence-corrected chi connectivity index (χ3v) is 6.97. The molecule has 0 unspecified atom stereocenters. The highest BCUT2D eigenvalue weighted by Gasteiger charge is 2.27. The van der Waals surface area contributed by atoms with Gasteiger partial charge in [-0.3, -0.25) is 9.80 Å². The van der Waals surface area contributed by atoms with E-state index in [9.17, 15) is 9.59 Å². The predicted octanol–water partition coefficient (Wildman–Crippen LogP) is 4.61. The number of anilines is 1. The number of amides is 2. The van der Waals surface area contributed by atoms with Gasteiger partial charge in [0.25, 0.3) is 0 Å². The SMILES string of the molecule is CC(C)(C)OC(=O)N1CCN(Cc2ccc(Br)nc2)CC1.CC(C)(C)OC(=O)N1CCN(Cc2ccc(N)nc2)CC1. The van der Waals surface area contributed by atoms with E-state index in [1.54, 1.807) is 16.0 Å². The van der Waals surface area contributed by atoms with E-state index in [1.165, 1.54) is 5.56 Å². The Morgan fingerprint density at radius 3 is 1.45 bits per heavy atom. The Kier molecular flexibility index (Phi) is 12.0. The van der Waals surface area contributed by atoms with E-state index in [0.717, 1.165) is 49.4 Å². The smallest absolute Gasteiger partial charge is 0.410 e. The van der Waals surface area contributed by atoms with Crippen molar-refractivity contribution >= 4 is 33.9 Å². The number of aromatic nitrogens is 2. The quantitative estimate of drug-likeness (QED) is 0.475. The summed E-state index contributed by atoms with van der Waals surface area (Å²) < 4.78 is 11.6. The molecule has 42 heavy (non-hydrogen) atoms. The van der Waals surface area contributed by atoms with Crippen molar-refractivity contribution in [2.75, 3.05) is 58.1 Å². The van der Waals surface area contributed by atoms with Gasteiger partial charge < -0.3 is 25.0 Å². The van der Waals surface area contributed by atoms with Gasteiger partial charge in [-0.05, 0) is 80.7 Å². The molecule has 2 aliphatic heterocycles. The molecule has 11 nitrogen and oxygen atoms in total. The highest BCUT2D eigenvalue weighted by atomic mass is 79.9. The largest absolute Gasteiger partial charge is 0.444 e. The van der Waals surface area contributed by atoms with Gasteiger partial charge in [-0.1, -0.05) is 12.1 Å². The third-order valence-electron chi connectivity index (χ3n) is 6.50. The monoisotopic (exact) mass is 647 g/mol. The van der Waals surface area contributed by atoms with Gasteiger partial charge in [-0.25, -0.2) is 19.6 Å². The zero-order valence-electron chi connectivity index (χ0n) is 25.8. The first-order valence-corrected chi connectivity index (χ1v) is 15.2. The van der Waals surface area contributed by atoms with Gasteiger partial charge >= 0.3 is 12.2 Å². The summed E-state index contributed by atoms with van der Waals surface area (Å²) in [6, 6.07) is 7.82. The molecule has 12 heteroatoms. The average Bonchev–Trinajstić information content (AvgIpc) is 2.91. The number of ether oxygens (including phenoxy) is 2. The van der Waals surface area contributed by atoms with Crippen molar-refractivity contribution in [3.05, 3.63) is 52.4 Å². The molecule has 232 valence electrons. The molecule has 0 spiro atoms. The fraction of sp³-hybridized carbons (Fsp3) is 0.600. The van der Waals surface area contributed by atoms with Crippen molar-refractivity contribution in [2.45, 2.75) is 65.8 Å². The Morgan fingerprint density at radius 1 is 0.714 bits per heavy atom. The normalized spacial score (nSPS) is 16.8. The molecule has 2 saturated heterocycles. The summed E-state index contributed by atoms with van der Waals surface area (Å²) in [6.45, 7) is 19.2. The maximum atomic E-state index is 12.0. The van der Waals surface area contributed by atoms with Crippen molar-refractivity contribution in [3.8, 4) is 0 Å². The summed E-state index contributed by atoms with van der Waals surface area (Å²) in [5.74, 6) is 0.536. The number of piperazine rings is 2.